The molecule has 12 heteroatoms. The number of nitrogens with zero attached hydrogens (tertiary/aromatic N) is 2. The number of nitrogens with one attached hydrogen (secondary N) is 1. The van der Waals surface area contributed by atoms with Crippen molar-refractivity contribution in [2.75, 3.05) is 11.2 Å². The highest BCUT2D eigenvalue weighted by Gasteiger charge is 2.47. The molecule has 0 saturated carbocycles. The van der Waals surface area contributed by atoms with Gasteiger partial charge in [0, 0.05) is 35.6 Å². The third-order valence-corrected chi connectivity index (χ3v) is 11.1. The largest absolute Gasteiger partial charge is 0.352 e. The van der Waals surface area contributed by atoms with Crippen LogP contribution in [0.3, 0.4) is 0 Å². The van der Waals surface area contributed by atoms with E-state index in [0.717, 1.165) is 19.1 Å². The molecule has 1 aromatic carbocycles. The number of fused-ring (bicyclic) bond motifs is 2. The number of anilines is 1. The first-order valence-corrected chi connectivity index (χ1v) is 15.3. The van der Waals surface area contributed by atoms with Crippen LogP contribution in [-0.2, 0) is 24.5 Å². The van der Waals surface area contributed by atoms with Crippen LogP contribution in [0.25, 0.3) is 0 Å². The van der Waals surface area contributed by atoms with E-state index < -0.39 is 30.3 Å². The number of sulfone groups is 2. The quantitative estimate of drug-likeness (QED) is 0.574. The van der Waals surface area contributed by atoms with E-state index in [2.05, 4.69) is 15.2 Å². The van der Waals surface area contributed by atoms with E-state index in [1.54, 1.807) is 12.1 Å². The van der Waals surface area contributed by atoms with Crippen LogP contribution in [0.5, 0.6) is 0 Å². The minimum absolute atomic E-state index is 0.0286. The van der Waals surface area contributed by atoms with E-state index in [9.17, 15) is 21.6 Å². The SMILES string of the molecule is CC(C)(C(=O)NC1CC2CCC(C1)N2c1ccc(S(C)(=O)=O)cn1)S(=O)(=O)c1ccc(Cl)cc1Cl. The fraction of sp³-hybridized carbons (Fsp3) is 0.478. The van der Waals surface area contributed by atoms with Crippen LogP contribution in [0.4, 0.5) is 5.82 Å². The minimum Gasteiger partial charge on any atom is -0.352 e. The summed E-state index contributed by atoms with van der Waals surface area (Å²) in [5, 5.41) is 3.23. The van der Waals surface area contributed by atoms with Crippen molar-refractivity contribution in [3.8, 4) is 0 Å². The molecule has 2 atom stereocenters. The second-order valence-corrected chi connectivity index (χ2v) is 15.0. The molecule has 2 aromatic rings. The van der Waals surface area contributed by atoms with Crippen LogP contribution in [-0.4, -0.2) is 56.9 Å². The fourth-order valence-electron chi connectivity index (χ4n) is 4.86. The van der Waals surface area contributed by atoms with Gasteiger partial charge in [-0.25, -0.2) is 21.8 Å². The number of pyridine rings is 1. The first-order valence-electron chi connectivity index (χ1n) is 11.2. The number of amides is 1. The number of benzene rings is 1. The summed E-state index contributed by atoms with van der Waals surface area (Å²) in [6.07, 6.45) is 5.60. The molecule has 3 heterocycles. The van der Waals surface area contributed by atoms with Crippen molar-refractivity contribution in [1.82, 2.24) is 10.3 Å². The average Bonchev–Trinajstić information content (AvgIpc) is 3.03. The smallest absolute Gasteiger partial charge is 0.241 e. The van der Waals surface area contributed by atoms with Crippen LogP contribution in [0.1, 0.15) is 39.5 Å². The Morgan fingerprint density at radius 2 is 1.69 bits per heavy atom. The molecule has 1 N–H and O–H groups in total. The number of piperidine rings is 1. The Balaban J connectivity index is 1.48. The van der Waals surface area contributed by atoms with E-state index >= 15 is 0 Å². The van der Waals surface area contributed by atoms with Crippen LogP contribution in [0, 0.1) is 0 Å². The van der Waals surface area contributed by atoms with Crippen molar-refractivity contribution >= 4 is 54.6 Å². The molecular formula is C23H27Cl2N3O5S2. The molecular weight excluding hydrogens is 533 g/mol. The maximum atomic E-state index is 13.3. The molecule has 4 rings (SSSR count). The number of aromatic nitrogens is 1. The van der Waals surface area contributed by atoms with Gasteiger partial charge in [0.05, 0.1) is 14.8 Å². The predicted molar refractivity (Wildman–Crippen MR) is 136 cm³/mol. The zero-order valence-electron chi connectivity index (χ0n) is 19.5. The Morgan fingerprint density at radius 1 is 1.06 bits per heavy atom. The van der Waals surface area contributed by atoms with Crippen molar-refractivity contribution in [3.05, 3.63) is 46.6 Å². The van der Waals surface area contributed by atoms with Gasteiger partial charge in [-0.2, -0.15) is 0 Å². The molecule has 35 heavy (non-hydrogen) atoms. The van der Waals surface area contributed by atoms with Gasteiger partial charge >= 0.3 is 0 Å². The number of halogens is 2. The van der Waals surface area contributed by atoms with E-state index in [4.69, 9.17) is 23.2 Å². The van der Waals surface area contributed by atoms with E-state index in [-0.39, 0.29) is 32.9 Å². The van der Waals surface area contributed by atoms with Gasteiger partial charge in [-0.1, -0.05) is 23.2 Å². The molecule has 0 spiro atoms. The minimum atomic E-state index is -4.09. The van der Waals surface area contributed by atoms with Crippen LogP contribution >= 0.6 is 23.2 Å². The second kappa shape index (κ2) is 9.21. The topological polar surface area (TPSA) is 114 Å². The lowest BCUT2D eigenvalue weighted by molar-refractivity contribution is -0.123. The van der Waals surface area contributed by atoms with Crippen molar-refractivity contribution in [1.29, 1.82) is 0 Å². The van der Waals surface area contributed by atoms with E-state index in [0.29, 0.717) is 23.7 Å². The lowest BCUT2D eigenvalue weighted by Gasteiger charge is -2.40. The summed E-state index contributed by atoms with van der Waals surface area (Å²) in [4.78, 5) is 19.8. The summed E-state index contributed by atoms with van der Waals surface area (Å²) in [6, 6.07) is 7.39. The molecule has 1 aromatic heterocycles. The van der Waals surface area contributed by atoms with Gasteiger partial charge in [0.1, 0.15) is 10.6 Å². The van der Waals surface area contributed by atoms with E-state index in [1.807, 2.05) is 0 Å². The van der Waals surface area contributed by atoms with Crippen LogP contribution in [0.15, 0.2) is 46.3 Å². The maximum absolute atomic E-state index is 13.3. The molecule has 1 amide bonds. The van der Waals surface area contributed by atoms with Gasteiger partial charge < -0.3 is 10.2 Å². The third-order valence-electron chi connectivity index (χ3n) is 6.88. The number of hydrogen-bond acceptors (Lipinski definition) is 7. The Kier molecular flexibility index (Phi) is 6.89. The lowest BCUT2D eigenvalue weighted by atomic mass is 9.96. The molecule has 2 aliphatic heterocycles. The standard InChI is InChI=1S/C23H27Cl2N3O5S2/c1-23(2,35(32,33)20-8-4-14(24)10-19(20)25)22(29)27-15-11-16-5-6-17(12-15)28(16)21-9-7-18(13-26-21)34(3,30)31/h4,7-10,13,15-17H,5-6,11-12H2,1-3H3,(H,27,29). The molecule has 2 saturated heterocycles. The summed E-state index contributed by atoms with van der Waals surface area (Å²) in [6.45, 7) is 2.75. The highest BCUT2D eigenvalue weighted by molar-refractivity contribution is 7.93. The summed E-state index contributed by atoms with van der Waals surface area (Å²) < 4.78 is 48.3. The highest BCUT2D eigenvalue weighted by atomic mass is 35.5. The highest BCUT2D eigenvalue weighted by Crippen LogP contribution is 2.39. The zero-order chi connectivity index (χ0) is 25.8. The number of rotatable bonds is 6. The van der Waals surface area contributed by atoms with Gasteiger partial charge in [0.15, 0.2) is 19.7 Å². The summed E-state index contributed by atoms with van der Waals surface area (Å²) in [5.74, 6) is 0.118. The monoisotopic (exact) mass is 559 g/mol. The van der Waals surface area contributed by atoms with Crippen molar-refractivity contribution in [2.24, 2.45) is 0 Å². The molecule has 0 radical (unpaired) electrons. The normalized spacial score (nSPS) is 22.8. The van der Waals surface area contributed by atoms with Crippen LogP contribution in [0.2, 0.25) is 10.0 Å². The predicted octanol–water partition coefficient (Wildman–Crippen LogP) is 3.66. The average molecular weight is 561 g/mol. The summed E-state index contributed by atoms with van der Waals surface area (Å²) in [5.41, 5.74) is 0. The van der Waals surface area contributed by atoms with Gasteiger partial charge in [0.2, 0.25) is 5.91 Å². The molecule has 0 aliphatic carbocycles. The van der Waals surface area contributed by atoms with Crippen LogP contribution < -0.4 is 10.2 Å². The Hall–Kier alpha value is -1.88. The molecule has 190 valence electrons. The number of carbonyl (C=O) groups excluding carboxylic acids is 1. The fourth-order valence-corrected chi connectivity index (χ4v) is 7.55. The zero-order valence-corrected chi connectivity index (χ0v) is 22.7. The summed E-state index contributed by atoms with van der Waals surface area (Å²) in [7, 11) is -7.42. The molecule has 2 unspecified atom stereocenters. The van der Waals surface area contributed by atoms with E-state index in [1.165, 1.54) is 38.2 Å². The lowest BCUT2D eigenvalue weighted by Crippen LogP contribution is -2.56. The van der Waals surface area contributed by atoms with Gasteiger partial charge in [-0.3, -0.25) is 4.79 Å². The van der Waals surface area contributed by atoms with Crippen molar-refractivity contribution < 1.29 is 21.6 Å². The first-order chi connectivity index (χ1) is 16.2. The number of carbonyl (C=O) groups is 1. The van der Waals surface area contributed by atoms with Gasteiger partial charge in [-0.05, 0) is 69.9 Å². The van der Waals surface area contributed by atoms with Crippen molar-refractivity contribution in [3.63, 3.8) is 0 Å². The molecule has 2 bridgehead atoms. The third kappa shape index (κ3) is 4.90. The Labute approximate surface area is 215 Å². The second-order valence-electron chi connectivity index (χ2n) is 9.65. The first kappa shape index (κ1) is 26.2. The molecule has 2 fully saturated rings. The summed E-state index contributed by atoms with van der Waals surface area (Å²) >= 11 is 12.0. The number of hydrogen-bond donors (Lipinski definition) is 1. The Bertz CT molecular complexity index is 1350. The Morgan fingerprint density at radius 3 is 2.20 bits per heavy atom. The maximum Gasteiger partial charge on any atom is 0.241 e. The molecule has 2 aliphatic rings. The van der Waals surface area contributed by atoms with Gasteiger partial charge in [0.25, 0.3) is 0 Å². The van der Waals surface area contributed by atoms with Crippen molar-refractivity contribution in [2.45, 2.75) is 72.2 Å². The molecule has 8 nitrogen and oxygen atoms in total. The van der Waals surface area contributed by atoms with Gasteiger partial charge in [-0.15, -0.1) is 0 Å².